The molecule has 0 aliphatic carbocycles. The predicted molar refractivity (Wildman–Crippen MR) is 111 cm³/mol. The number of hydrogen-bond acceptors (Lipinski definition) is 5. The zero-order chi connectivity index (χ0) is 19.8. The number of carboxylic acids is 1. The van der Waals surface area contributed by atoms with Crippen LogP contribution in [0.4, 0.5) is 0 Å². The lowest BCUT2D eigenvalue weighted by atomic mass is 10.0. The van der Waals surface area contributed by atoms with E-state index in [1.807, 2.05) is 6.08 Å². The third kappa shape index (κ3) is 12.2. The summed E-state index contributed by atoms with van der Waals surface area (Å²) < 4.78 is 0. The number of allylic oxidation sites excluding steroid dienone is 5. The van der Waals surface area contributed by atoms with E-state index in [1.165, 1.54) is 29.2 Å². The predicted octanol–water partition coefficient (Wildman–Crippen LogP) is 3.96. The van der Waals surface area contributed by atoms with Crippen LogP contribution in [0, 0.1) is 0 Å². The molecule has 6 nitrogen and oxygen atoms in total. The van der Waals surface area contributed by atoms with Gasteiger partial charge in [-0.3, -0.25) is 9.59 Å². The Morgan fingerprint density at radius 1 is 1.31 bits per heavy atom. The van der Waals surface area contributed by atoms with E-state index in [1.54, 1.807) is 18.5 Å². The Labute approximate surface area is 160 Å². The average Bonchev–Trinajstić information content (AvgIpc) is 2.59. The van der Waals surface area contributed by atoms with Crippen molar-refractivity contribution in [3.63, 3.8) is 0 Å². The van der Waals surface area contributed by atoms with Crippen molar-refractivity contribution in [2.45, 2.75) is 51.2 Å². The quantitative estimate of drug-likeness (QED) is 0.127. The molecule has 7 heteroatoms. The lowest BCUT2D eigenvalue weighted by Crippen LogP contribution is -2.33. The smallest absolute Gasteiger partial charge is 0.305 e. The van der Waals surface area contributed by atoms with Gasteiger partial charge in [0.1, 0.15) is 6.34 Å². The van der Waals surface area contributed by atoms with E-state index in [0.717, 1.165) is 25.7 Å². The first-order chi connectivity index (χ1) is 12.4. The zero-order valence-electron chi connectivity index (χ0n) is 15.8. The molecule has 1 amide bonds. The fourth-order valence-corrected chi connectivity index (χ4v) is 2.63. The molecule has 1 atom stereocenters. The van der Waals surface area contributed by atoms with Crippen LogP contribution in [-0.2, 0) is 9.59 Å². The second kappa shape index (κ2) is 15.1. The van der Waals surface area contributed by atoms with Crippen molar-refractivity contribution in [3.8, 4) is 0 Å². The second-order valence-corrected chi connectivity index (χ2v) is 6.78. The van der Waals surface area contributed by atoms with Gasteiger partial charge in [0.15, 0.2) is 0 Å². The molecule has 0 saturated heterocycles. The van der Waals surface area contributed by atoms with E-state index in [4.69, 9.17) is 5.11 Å². The van der Waals surface area contributed by atoms with Crippen molar-refractivity contribution in [3.05, 3.63) is 36.0 Å². The third-order valence-electron chi connectivity index (χ3n) is 3.51. The molecule has 0 aliphatic rings. The molecule has 1 unspecified atom stereocenters. The maximum absolute atomic E-state index is 11.7. The first-order valence-corrected chi connectivity index (χ1v) is 9.72. The third-order valence-corrected chi connectivity index (χ3v) is 4.45. The number of hydrogen-bond donors (Lipinski definition) is 2. The van der Waals surface area contributed by atoms with Crippen LogP contribution in [0.25, 0.3) is 0 Å². The molecule has 0 fully saturated rings. The molecule has 0 rings (SSSR count). The summed E-state index contributed by atoms with van der Waals surface area (Å²) in [6.45, 7) is 7.89. The normalized spacial score (nSPS) is 12.6. The van der Waals surface area contributed by atoms with E-state index in [0.29, 0.717) is 0 Å². The van der Waals surface area contributed by atoms with Gasteiger partial charge < -0.3 is 10.4 Å². The molecule has 0 spiro atoms. The molecule has 0 heterocycles. The van der Waals surface area contributed by atoms with Crippen LogP contribution in [0.15, 0.2) is 46.2 Å². The highest BCUT2D eigenvalue weighted by atomic mass is 32.2. The van der Waals surface area contributed by atoms with Crippen molar-refractivity contribution in [1.29, 1.82) is 0 Å². The number of carbonyl (C=O) groups excluding carboxylic acids is 1. The summed E-state index contributed by atoms with van der Waals surface area (Å²) in [6, 6.07) is 0. The van der Waals surface area contributed by atoms with Crippen LogP contribution in [0.2, 0.25) is 0 Å². The number of amides is 1. The summed E-state index contributed by atoms with van der Waals surface area (Å²) in [5.74, 6) is -1.40. The standard InChI is InChI=1S/C19H29N3O3S/c1-5-6-7-10-16(15(2)3)11-8-9-12-21-22-14-20-19(25)17(26-4)13-18(23)24/h5-7,12,14,17H,1,8-11,13H2,2-4H3,(H,23,24)(H,20,22,25)/b7-6-,21-12+. The second-order valence-electron chi connectivity index (χ2n) is 5.74. The Kier molecular flexibility index (Phi) is 13.9. The Hall–Kier alpha value is -2.15. The van der Waals surface area contributed by atoms with Crippen LogP contribution in [-0.4, -0.2) is 41.0 Å². The first-order valence-electron chi connectivity index (χ1n) is 8.43. The largest absolute Gasteiger partial charge is 0.481 e. The number of nitrogens with one attached hydrogen (secondary N) is 1. The first kappa shape index (κ1) is 23.9. The summed E-state index contributed by atoms with van der Waals surface area (Å²) in [7, 11) is 0. The van der Waals surface area contributed by atoms with Gasteiger partial charge in [0.2, 0.25) is 5.91 Å². The van der Waals surface area contributed by atoms with Gasteiger partial charge in [-0.1, -0.05) is 36.0 Å². The van der Waals surface area contributed by atoms with Crippen molar-refractivity contribution in [1.82, 2.24) is 5.32 Å². The Morgan fingerprint density at radius 3 is 2.62 bits per heavy atom. The fraction of sp³-hybridized carbons (Fsp3) is 0.474. The van der Waals surface area contributed by atoms with Gasteiger partial charge in [-0.15, -0.1) is 5.10 Å². The van der Waals surface area contributed by atoms with Gasteiger partial charge in [0.05, 0.1) is 11.7 Å². The molecule has 0 bridgehead atoms. The Morgan fingerprint density at radius 2 is 2.04 bits per heavy atom. The van der Waals surface area contributed by atoms with Gasteiger partial charge in [-0.2, -0.15) is 16.9 Å². The highest BCUT2D eigenvalue weighted by Gasteiger charge is 2.19. The molecule has 0 aromatic carbocycles. The van der Waals surface area contributed by atoms with Crippen molar-refractivity contribution < 1.29 is 14.7 Å². The van der Waals surface area contributed by atoms with E-state index in [-0.39, 0.29) is 12.3 Å². The molecular formula is C19H29N3O3S. The van der Waals surface area contributed by atoms with Gasteiger partial charge in [-0.25, -0.2) is 0 Å². The van der Waals surface area contributed by atoms with Crippen LogP contribution in [0.5, 0.6) is 0 Å². The monoisotopic (exact) mass is 379 g/mol. The number of thioether (sulfide) groups is 1. The SMILES string of the molecule is C=C/C=C\CC(CCC/C=N/N=C/NC(=O)C(CC(=O)O)SC)=C(C)C. The molecule has 2 N–H and O–H groups in total. The minimum absolute atomic E-state index is 0.223. The lowest BCUT2D eigenvalue weighted by Gasteiger charge is -2.08. The molecule has 0 aromatic rings. The zero-order valence-corrected chi connectivity index (χ0v) is 16.6. The summed E-state index contributed by atoms with van der Waals surface area (Å²) in [5.41, 5.74) is 2.75. The van der Waals surface area contributed by atoms with Gasteiger partial charge in [0.25, 0.3) is 0 Å². The molecule has 0 aromatic heterocycles. The van der Waals surface area contributed by atoms with E-state index in [9.17, 15) is 9.59 Å². The van der Waals surface area contributed by atoms with Crippen molar-refractivity contribution >= 4 is 36.2 Å². The Balaban J connectivity index is 4.15. The van der Waals surface area contributed by atoms with E-state index in [2.05, 4.69) is 42.0 Å². The van der Waals surface area contributed by atoms with E-state index < -0.39 is 11.2 Å². The van der Waals surface area contributed by atoms with Gasteiger partial charge in [0, 0.05) is 6.21 Å². The Bertz CT molecular complexity index is 577. The number of unbranched alkanes of at least 4 members (excludes halogenated alkanes) is 1. The maximum Gasteiger partial charge on any atom is 0.305 e. The summed E-state index contributed by atoms with van der Waals surface area (Å²) in [4.78, 5) is 22.4. The average molecular weight is 380 g/mol. The highest BCUT2D eigenvalue weighted by Crippen LogP contribution is 2.16. The fourth-order valence-electron chi connectivity index (χ4n) is 2.03. The molecule has 0 aliphatic heterocycles. The van der Waals surface area contributed by atoms with Crippen LogP contribution < -0.4 is 5.32 Å². The minimum atomic E-state index is -1.01. The van der Waals surface area contributed by atoms with Gasteiger partial charge in [-0.05, 0) is 45.8 Å². The molecular weight excluding hydrogens is 350 g/mol. The minimum Gasteiger partial charge on any atom is -0.481 e. The summed E-state index contributed by atoms with van der Waals surface area (Å²) in [5, 5.41) is 18.1. The summed E-state index contributed by atoms with van der Waals surface area (Å²) >= 11 is 1.19. The lowest BCUT2D eigenvalue weighted by molar-refractivity contribution is -0.138. The highest BCUT2D eigenvalue weighted by molar-refractivity contribution is 7.99. The molecule has 0 saturated carbocycles. The van der Waals surface area contributed by atoms with Gasteiger partial charge >= 0.3 is 5.97 Å². The topological polar surface area (TPSA) is 91.1 Å². The van der Waals surface area contributed by atoms with Crippen molar-refractivity contribution in [2.24, 2.45) is 10.2 Å². The summed E-state index contributed by atoms with van der Waals surface area (Å²) in [6.07, 6.45) is 13.9. The number of nitrogens with zero attached hydrogens (tertiary/aromatic N) is 2. The maximum atomic E-state index is 11.7. The van der Waals surface area contributed by atoms with Crippen LogP contribution in [0.1, 0.15) is 46.0 Å². The number of carbonyl (C=O) groups is 2. The van der Waals surface area contributed by atoms with Crippen LogP contribution in [0.3, 0.4) is 0 Å². The van der Waals surface area contributed by atoms with E-state index >= 15 is 0 Å². The van der Waals surface area contributed by atoms with Crippen LogP contribution >= 0.6 is 11.8 Å². The number of carboxylic acid groups (broad SMARTS) is 1. The molecule has 0 radical (unpaired) electrons. The van der Waals surface area contributed by atoms with Crippen molar-refractivity contribution in [2.75, 3.05) is 6.26 Å². The number of rotatable bonds is 13. The number of aliphatic carboxylic acids is 1. The molecule has 144 valence electrons. The molecule has 26 heavy (non-hydrogen) atoms.